The van der Waals surface area contributed by atoms with Crippen LogP contribution in [0.25, 0.3) is 0 Å². The Morgan fingerprint density at radius 2 is 2.53 bits per heavy atom. The van der Waals surface area contributed by atoms with E-state index in [9.17, 15) is 0 Å². The van der Waals surface area contributed by atoms with Gasteiger partial charge in [-0.15, -0.1) is 11.3 Å². The van der Waals surface area contributed by atoms with E-state index in [1.165, 1.54) is 29.0 Å². The fourth-order valence-electron chi connectivity index (χ4n) is 2.14. The van der Waals surface area contributed by atoms with Gasteiger partial charge in [0, 0.05) is 22.7 Å². The van der Waals surface area contributed by atoms with Crippen molar-refractivity contribution < 1.29 is 0 Å². The number of nitrogens with one attached hydrogen (secondary N) is 1. The summed E-state index contributed by atoms with van der Waals surface area (Å²) in [7, 11) is 0. The van der Waals surface area contributed by atoms with E-state index < -0.39 is 0 Å². The Bertz CT molecular complexity index is 337. The van der Waals surface area contributed by atoms with Crippen LogP contribution in [-0.4, -0.2) is 18.1 Å². The van der Waals surface area contributed by atoms with Crippen molar-refractivity contribution in [2.45, 2.75) is 31.8 Å². The minimum absolute atomic E-state index is 0.533. The van der Waals surface area contributed by atoms with Gasteiger partial charge in [0.1, 0.15) is 0 Å². The molecule has 0 radical (unpaired) electrons. The van der Waals surface area contributed by atoms with E-state index in [1.54, 1.807) is 11.3 Å². The van der Waals surface area contributed by atoms with E-state index in [2.05, 4.69) is 24.6 Å². The van der Waals surface area contributed by atoms with Crippen LogP contribution < -0.4 is 5.32 Å². The van der Waals surface area contributed by atoms with Gasteiger partial charge in [-0.2, -0.15) is 11.8 Å². The number of fused-ring (bicyclic) bond motifs is 1. The molecule has 1 aromatic rings. The van der Waals surface area contributed by atoms with Crippen molar-refractivity contribution in [3.63, 3.8) is 0 Å². The third-order valence-electron chi connectivity index (χ3n) is 2.75. The van der Waals surface area contributed by atoms with Crippen molar-refractivity contribution in [2.75, 3.05) is 12.0 Å². The lowest BCUT2D eigenvalue weighted by Crippen LogP contribution is -2.31. The van der Waals surface area contributed by atoms with Gasteiger partial charge in [0.15, 0.2) is 0 Å². The van der Waals surface area contributed by atoms with Crippen molar-refractivity contribution >= 4 is 34.7 Å². The molecule has 0 bridgehead atoms. The predicted molar refractivity (Wildman–Crippen MR) is 71.4 cm³/mol. The molecule has 1 heterocycles. The van der Waals surface area contributed by atoms with Gasteiger partial charge in [-0.1, -0.05) is 11.6 Å². The maximum absolute atomic E-state index is 6.03. The van der Waals surface area contributed by atoms with E-state index in [0.29, 0.717) is 12.1 Å². The number of rotatable bonds is 4. The molecule has 0 spiro atoms. The second-order valence-corrected chi connectivity index (χ2v) is 6.72. The predicted octanol–water partition coefficient (Wildman–Crippen LogP) is 3.73. The number of hydrogen-bond acceptors (Lipinski definition) is 3. The first-order chi connectivity index (χ1) is 7.20. The molecule has 0 amide bonds. The molecule has 0 fully saturated rings. The Kier molecular flexibility index (Phi) is 3.99. The monoisotopic (exact) mass is 261 g/mol. The first kappa shape index (κ1) is 11.8. The van der Waals surface area contributed by atoms with Gasteiger partial charge < -0.3 is 5.32 Å². The molecule has 1 aliphatic carbocycles. The van der Waals surface area contributed by atoms with Gasteiger partial charge in [0.2, 0.25) is 0 Å². The Morgan fingerprint density at radius 3 is 3.27 bits per heavy atom. The summed E-state index contributed by atoms with van der Waals surface area (Å²) in [5.41, 5.74) is 1.44. The van der Waals surface area contributed by atoms with Crippen LogP contribution in [0.15, 0.2) is 6.07 Å². The van der Waals surface area contributed by atoms with Crippen LogP contribution in [-0.2, 0) is 6.42 Å². The van der Waals surface area contributed by atoms with Crippen LogP contribution in [0.1, 0.15) is 29.8 Å². The summed E-state index contributed by atoms with van der Waals surface area (Å²) in [5.74, 6) is 1.17. The lowest BCUT2D eigenvalue weighted by atomic mass is 10.1. The highest BCUT2D eigenvalue weighted by Gasteiger charge is 2.25. The molecule has 2 rings (SSSR count). The van der Waals surface area contributed by atoms with E-state index >= 15 is 0 Å². The third kappa shape index (κ3) is 2.70. The number of thioether (sulfide) groups is 1. The Hall–Kier alpha value is 0.300. The van der Waals surface area contributed by atoms with Gasteiger partial charge in [0.25, 0.3) is 0 Å². The smallest absolute Gasteiger partial charge is 0.0934 e. The largest absolute Gasteiger partial charge is 0.307 e. The topological polar surface area (TPSA) is 12.0 Å². The van der Waals surface area contributed by atoms with Gasteiger partial charge in [-0.05, 0) is 37.7 Å². The molecule has 1 nitrogen and oxygen atoms in total. The summed E-state index contributed by atoms with van der Waals surface area (Å²) < 4.78 is 0.934. The quantitative estimate of drug-likeness (QED) is 0.887. The maximum atomic E-state index is 6.03. The van der Waals surface area contributed by atoms with Crippen molar-refractivity contribution in [2.24, 2.45) is 0 Å². The Labute approximate surface area is 105 Å². The lowest BCUT2D eigenvalue weighted by molar-refractivity contribution is 0.479. The van der Waals surface area contributed by atoms with Gasteiger partial charge in [-0.25, -0.2) is 0 Å². The average molecular weight is 262 g/mol. The average Bonchev–Trinajstić information content (AvgIpc) is 2.67. The van der Waals surface area contributed by atoms with Gasteiger partial charge in [0.05, 0.1) is 4.34 Å². The summed E-state index contributed by atoms with van der Waals surface area (Å²) in [5, 5.41) is 3.68. The third-order valence-corrected chi connectivity index (χ3v) is 4.92. The molecule has 4 heteroatoms. The zero-order valence-corrected chi connectivity index (χ0v) is 11.4. The first-order valence-corrected chi connectivity index (χ1v) is 7.82. The van der Waals surface area contributed by atoms with Crippen LogP contribution in [0.3, 0.4) is 0 Å². The number of aryl methyl sites for hydroxylation is 1. The highest BCUT2D eigenvalue weighted by atomic mass is 35.5. The van der Waals surface area contributed by atoms with Crippen molar-refractivity contribution in [1.29, 1.82) is 0 Å². The van der Waals surface area contributed by atoms with Crippen LogP contribution >= 0.6 is 34.7 Å². The van der Waals surface area contributed by atoms with Gasteiger partial charge in [-0.3, -0.25) is 0 Å². The summed E-state index contributed by atoms with van der Waals surface area (Å²) in [6.07, 6.45) is 4.58. The Balaban J connectivity index is 2.00. The molecule has 2 unspecified atom stereocenters. The van der Waals surface area contributed by atoms with E-state index in [1.807, 2.05) is 11.8 Å². The minimum atomic E-state index is 0.533. The highest BCUT2D eigenvalue weighted by molar-refractivity contribution is 7.98. The standard InChI is InChI=1S/C11H16ClNS2/c1-7(6-14-2)13-9-3-4-10-8(9)5-11(12)15-10/h5,7,9,13H,3-4,6H2,1-2H3. The summed E-state index contributed by atoms with van der Waals surface area (Å²) in [6, 6.07) is 3.25. The Morgan fingerprint density at radius 1 is 1.73 bits per heavy atom. The fourth-order valence-corrected chi connectivity index (χ4v) is 4.10. The molecule has 0 aliphatic heterocycles. The molecular weight excluding hydrogens is 246 g/mol. The zero-order valence-electron chi connectivity index (χ0n) is 9.05. The van der Waals surface area contributed by atoms with E-state index in [0.717, 1.165) is 4.34 Å². The van der Waals surface area contributed by atoms with Crippen molar-refractivity contribution in [1.82, 2.24) is 5.32 Å². The van der Waals surface area contributed by atoms with Crippen LogP contribution in [0.5, 0.6) is 0 Å². The van der Waals surface area contributed by atoms with Gasteiger partial charge >= 0.3 is 0 Å². The van der Waals surface area contributed by atoms with E-state index in [4.69, 9.17) is 11.6 Å². The normalized spacial score (nSPS) is 21.7. The molecule has 0 saturated heterocycles. The molecule has 1 aliphatic rings. The number of hydrogen-bond donors (Lipinski definition) is 1. The fraction of sp³-hybridized carbons (Fsp3) is 0.636. The molecule has 15 heavy (non-hydrogen) atoms. The molecule has 84 valence electrons. The highest BCUT2D eigenvalue weighted by Crippen LogP contribution is 2.39. The van der Waals surface area contributed by atoms with Crippen LogP contribution in [0.2, 0.25) is 4.34 Å². The molecule has 0 saturated carbocycles. The molecule has 2 atom stereocenters. The maximum Gasteiger partial charge on any atom is 0.0934 e. The summed E-state index contributed by atoms with van der Waals surface area (Å²) in [6.45, 7) is 2.25. The second kappa shape index (κ2) is 5.09. The molecule has 1 N–H and O–H groups in total. The molecular formula is C11H16ClNS2. The second-order valence-electron chi connectivity index (χ2n) is 4.04. The van der Waals surface area contributed by atoms with Crippen molar-refractivity contribution in [3.05, 3.63) is 20.8 Å². The SMILES string of the molecule is CSCC(C)NC1CCc2sc(Cl)cc21. The first-order valence-electron chi connectivity index (χ1n) is 5.23. The summed E-state index contributed by atoms with van der Waals surface area (Å²) in [4.78, 5) is 1.48. The minimum Gasteiger partial charge on any atom is -0.307 e. The molecule has 1 aromatic heterocycles. The number of thiophene rings is 1. The molecule has 0 aromatic carbocycles. The van der Waals surface area contributed by atoms with Crippen molar-refractivity contribution in [3.8, 4) is 0 Å². The van der Waals surface area contributed by atoms with Crippen LogP contribution in [0.4, 0.5) is 0 Å². The number of halogens is 1. The zero-order chi connectivity index (χ0) is 10.8. The van der Waals surface area contributed by atoms with E-state index in [-0.39, 0.29) is 0 Å². The lowest BCUT2D eigenvalue weighted by Gasteiger charge is -2.18. The summed E-state index contributed by atoms with van der Waals surface area (Å²) >= 11 is 9.66. The van der Waals surface area contributed by atoms with Crippen LogP contribution in [0, 0.1) is 0 Å².